The average molecular weight is 204 g/mol. The average Bonchev–Trinajstić information content (AvgIpc) is 1.98. The third kappa shape index (κ3) is 7.26. The predicted molar refractivity (Wildman–Crippen MR) is 58.1 cm³/mol. The number of β-amino-alcohol motifs (C(OH)–C–C–N with tert-alkyl or cyclic N) is 1. The summed E-state index contributed by atoms with van der Waals surface area (Å²) < 4.78 is 0. The summed E-state index contributed by atoms with van der Waals surface area (Å²) in [6, 6.07) is 0. The highest BCUT2D eigenvalue weighted by atomic mass is 16.3. The maximum atomic E-state index is 9.62. The number of hydrogen-bond acceptors (Lipinski definition) is 4. The zero-order chi connectivity index (χ0) is 11.4. The van der Waals surface area contributed by atoms with Crippen LogP contribution in [0, 0.1) is 0 Å². The van der Waals surface area contributed by atoms with E-state index < -0.39 is 6.10 Å². The summed E-state index contributed by atoms with van der Waals surface area (Å²) in [7, 11) is 0. The Hall–Kier alpha value is -0.160. The van der Waals surface area contributed by atoms with Crippen molar-refractivity contribution < 1.29 is 10.2 Å². The minimum Gasteiger partial charge on any atom is -0.394 e. The summed E-state index contributed by atoms with van der Waals surface area (Å²) in [5, 5.41) is 21.7. The number of nitrogens with one attached hydrogen (secondary N) is 1. The van der Waals surface area contributed by atoms with Crippen molar-refractivity contribution in [2.75, 3.05) is 13.2 Å². The first-order valence-electron chi connectivity index (χ1n) is 4.99. The molecule has 0 bridgehead atoms. The molecule has 4 heteroatoms. The van der Waals surface area contributed by atoms with Gasteiger partial charge in [-0.1, -0.05) is 0 Å². The minimum atomic E-state index is -0.471. The molecule has 0 aliphatic carbocycles. The lowest BCUT2D eigenvalue weighted by molar-refractivity contribution is 0.114. The topological polar surface area (TPSA) is 78.5 Å². The minimum absolute atomic E-state index is 0.0474. The van der Waals surface area contributed by atoms with E-state index in [1.54, 1.807) is 0 Å². The predicted octanol–water partition coefficient (Wildman–Crippen LogP) is -0.165. The first kappa shape index (κ1) is 13.8. The van der Waals surface area contributed by atoms with Gasteiger partial charge in [0.25, 0.3) is 0 Å². The maximum absolute atomic E-state index is 9.62. The SMILES string of the molecule is CC(C)(N)CC(O)CNC(C)(C)CO. The quantitative estimate of drug-likeness (QED) is 0.484. The number of aliphatic hydroxyl groups is 2. The largest absolute Gasteiger partial charge is 0.394 e. The monoisotopic (exact) mass is 204 g/mol. The Bertz CT molecular complexity index is 164. The van der Waals surface area contributed by atoms with Crippen molar-refractivity contribution in [3.63, 3.8) is 0 Å². The van der Waals surface area contributed by atoms with Gasteiger partial charge in [0, 0.05) is 17.6 Å². The highest BCUT2D eigenvalue weighted by Gasteiger charge is 2.20. The Morgan fingerprint density at radius 3 is 2.14 bits per heavy atom. The molecule has 14 heavy (non-hydrogen) atoms. The first-order chi connectivity index (χ1) is 6.16. The van der Waals surface area contributed by atoms with Crippen LogP contribution in [0.15, 0.2) is 0 Å². The van der Waals surface area contributed by atoms with E-state index in [-0.39, 0.29) is 17.7 Å². The van der Waals surface area contributed by atoms with Crippen LogP contribution in [0.3, 0.4) is 0 Å². The second kappa shape index (κ2) is 5.07. The van der Waals surface area contributed by atoms with E-state index in [1.807, 2.05) is 27.7 Å². The lowest BCUT2D eigenvalue weighted by atomic mass is 9.97. The van der Waals surface area contributed by atoms with Crippen LogP contribution in [0.4, 0.5) is 0 Å². The Balaban J connectivity index is 3.80. The van der Waals surface area contributed by atoms with Gasteiger partial charge in [0.2, 0.25) is 0 Å². The fourth-order valence-electron chi connectivity index (χ4n) is 1.13. The van der Waals surface area contributed by atoms with Gasteiger partial charge in [-0.2, -0.15) is 0 Å². The first-order valence-corrected chi connectivity index (χ1v) is 4.99. The fraction of sp³-hybridized carbons (Fsp3) is 1.00. The number of aliphatic hydroxyl groups excluding tert-OH is 2. The van der Waals surface area contributed by atoms with Crippen LogP contribution >= 0.6 is 0 Å². The lowest BCUT2D eigenvalue weighted by Gasteiger charge is -2.28. The third-order valence-electron chi connectivity index (χ3n) is 1.97. The number of rotatable bonds is 6. The molecule has 5 N–H and O–H groups in total. The molecule has 0 aromatic rings. The molecule has 1 atom stereocenters. The van der Waals surface area contributed by atoms with Gasteiger partial charge < -0.3 is 21.3 Å². The van der Waals surface area contributed by atoms with E-state index in [1.165, 1.54) is 0 Å². The number of hydrogen-bond donors (Lipinski definition) is 4. The maximum Gasteiger partial charge on any atom is 0.0682 e. The molecule has 0 fully saturated rings. The van der Waals surface area contributed by atoms with Gasteiger partial charge in [0.1, 0.15) is 0 Å². The molecule has 86 valence electrons. The van der Waals surface area contributed by atoms with Gasteiger partial charge in [-0.25, -0.2) is 0 Å². The summed E-state index contributed by atoms with van der Waals surface area (Å²) in [6.45, 7) is 8.03. The van der Waals surface area contributed by atoms with Crippen LogP contribution in [-0.4, -0.2) is 40.5 Å². The molecule has 0 aliphatic rings. The van der Waals surface area contributed by atoms with E-state index in [0.29, 0.717) is 13.0 Å². The van der Waals surface area contributed by atoms with E-state index in [0.717, 1.165) is 0 Å². The molecular formula is C10H24N2O2. The van der Waals surface area contributed by atoms with Crippen LogP contribution in [0.25, 0.3) is 0 Å². The van der Waals surface area contributed by atoms with Gasteiger partial charge >= 0.3 is 0 Å². The second-order valence-electron chi connectivity index (χ2n) is 5.27. The zero-order valence-electron chi connectivity index (χ0n) is 9.67. The smallest absolute Gasteiger partial charge is 0.0682 e. The molecule has 0 saturated heterocycles. The molecular weight excluding hydrogens is 180 g/mol. The van der Waals surface area contributed by atoms with E-state index in [4.69, 9.17) is 10.8 Å². The van der Waals surface area contributed by atoms with Crippen LogP contribution in [0.1, 0.15) is 34.1 Å². The molecule has 0 saturated carbocycles. The molecule has 1 unspecified atom stereocenters. The lowest BCUT2D eigenvalue weighted by Crippen LogP contribution is -2.48. The van der Waals surface area contributed by atoms with Crippen molar-refractivity contribution in [2.45, 2.75) is 51.3 Å². The van der Waals surface area contributed by atoms with E-state index in [9.17, 15) is 5.11 Å². The Kier molecular flexibility index (Phi) is 5.01. The second-order valence-corrected chi connectivity index (χ2v) is 5.27. The molecule has 0 aliphatic heterocycles. The van der Waals surface area contributed by atoms with E-state index >= 15 is 0 Å². The standard InChI is InChI=1S/C10H24N2O2/c1-9(2,11)5-8(14)6-12-10(3,4)7-13/h8,12-14H,5-7,11H2,1-4H3. The molecule has 0 rings (SSSR count). The highest BCUT2D eigenvalue weighted by Crippen LogP contribution is 2.08. The van der Waals surface area contributed by atoms with Crippen LogP contribution in [0.5, 0.6) is 0 Å². The third-order valence-corrected chi connectivity index (χ3v) is 1.97. The molecule has 0 heterocycles. The van der Waals surface area contributed by atoms with Gasteiger partial charge in [-0.3, -0.25) is 0 Å². The van der Waals surface area contributed by atoms with E-state index in [2.05, 4.69) is 5.32 Å². The summed E-state index contributed by atoms with van der Waals surface area (Å²) >= 11 is 0. The molecule has 0 spiro atoms. The Morgan fingerprint density at radius 2 is 1.79 bits per heavy atom. The fourth-order valence-corrected chi connectivity index (χ4v) is 1.13. The summed E-state index contributed by atoms with van der Waals surface area (Å²) in [5.74, 6) is 0. The molecule has 0 aromatic carbocycles. The van der Waals surface area contributed by atoms with Gasteiger partial charge in [-0.15, -0.1) is 0 Å². The summed E-state index contributed by atoms with van der Waals surface area (Å²) in [5.41, 5.74) is 5.07. The molecule has 0 radical (unpaired) electrons. The molecule has 4 nitrogen and oxygen atoms in total. The van der Waals surface area contributed by atoms with Crippen molar-refractivity contribution >= 4 is 0 Å². The van der Waals surface area contributed by atoms with Crippen molar-refractivity contribution in [2.24, 2.45) is 5.73 Å². The highest BCUT2D eigenvalue weighted by molar-refractivity contribution is 4.81. The molecule has 0 aromatic heterocycles. The Labute approximate surface area is 86.5 Å². The molecule has 0 amide bonds. The zero-order valence-corrected chi connectivity index (χ0v) is 9.67. The van der Waals surface area contributed by atoms with Crippen molar-refractivity contribution in [3.05, 3.63) is 0 Å². The van der Waals surface area contributed by atoms with Crippen LogP contribution in [0.2, 0.25) is 0 Å². The van der Waals surface area contributed by atoms with Crippen molar-refractivity contribution in [1.82, 2.24) is 5.32 Å². The summed E-state index contributed by atoms with van der Waals surface area (Å²) in [4.78, 5) is 0. The van der Waals surface area contributed by atoms with Crippen molar-refractivity contribution in [3.8, 4) is 0 Å². The normalized spacial score (nSPS) is 15.6. The van der Waals surface area contributed by atoms with Gasteiger partial charge in [-0.05, 0) is 34.1 Å². The van der Waals surface area contributed by atoms with Gasteiger partial charge in [0.05, 0.1) is 12.7 Å². The van der Waals surface area contributed by atoms with Crippen molar-refractivity contribution in [1.29, 1.82) is 0 Å². The van der Waals surface area contributed by atoms with Crippen LogP contribution in [-0.2, 0) is 0 Å². The number of nitrogens with two attached hydrogens (primary N) is 1. The van der Waals surface area contributed by atoms with Crippen LogP contribution < -0.4 is 11.1 Å². The summed E-state index contributed by atoms with van der Waals surface area (Å²) in [6.07, 6.45) is 0.0717. The van der Waals surface area contributed by atoms with Gasteiger partial charge in [0.15, 0.2) is 0 Å². The Morgan fingerprint density at radius 1 is 1.29 bits per heavy atom.